The first-order chi connectivity index (χ1) is 11.3. The third-order valence-electron chi connectivity index (χ3n) is 3.82. The number of hydrogen-bond acceptors (Lipinski definition) is 3. The Labute approximate surface area is 134 Å². The lowest BCUT2D eigenvalue weighted by Gasteiger charge is -2.19. The van der Waals surface area contributed by atoms with E-state index >= 15 is 0 Å². The number of aliphatic hydroxyl groups excluding tert-OH is 1. The molecule has 1 amide bonds. The molecule has 2 heterocycles. The number of imidazole rings is 1. The Kier molecular flexibility index (Phi) is 4.68. The summed E-state index contributed by atoms with van der Waals surface area (Å²) in [5, 5.41) is 12.1. The van der Waals surface area contributed by atoms with Gasteiger partial charge in [-0.25, -0.2) is 4.98 Å². The molecule has 1 aromatic carbocycles. The lowest BCUT2D eigenvalue weighted by atomic mass is 10.0. The van der Waals surface area contributed by atoms with E-state index in [0.717, 1.165) is 11.2 Å². The Bertz CT molecular complexity index is 783. The first-order valence-corrected chi connectivity index (χ1v) is 7.67. The van der Waals surface area contributed by atoms with Gasteiger partial charge in [0.15, 0.2) is 0 Å². The molecule has 0 aliphatic rings. The smallest absolute Gasteiger partial charge is 0.251 e. The molecule has 0 fully saturated rings. The second kappa shape index (κ2) is 7.07. The molecule has 0 spiro atoms. The maximum atomic E-state index is 12.5. The average Bonchev–Trinajstić information content (AvgIpc) is 3.06. The van der Waals surface area contributed by atoms with Crippen LogP contribution in [0.25, 0.3) is 5.65 Å². The highest BCUT2D eigenvalue weighted by Gasteiger charge is 2.15. The number of rotatable bonds is 6. The third-order valence-corrected chi connectivity index (χ3v) is 3.82. The summed E-state index contributed by atoms with van der Waals surface area (Å²) < 4.78 is 1.86. The largest absolute Gasteiger partial charge is 0.396 e. The molecule has 1 atom stereocenters. The number of hydrogen-bond donors (Lipinski definition) is 2. The van der Waals surface area contributed by atoms with Crippen molar-refractivity contribution in [2.75, 3.05) is 6.61 Å². The third kappa shape index (κ3) is 3.57. The van der Waals surface area contributed by atoms with Crippen LogP contribution in [0.5, 0.6) is 0 Å². The fourth-order valence-corrected chi connectivity index (χ4v) is 2.60. The highest BCUT2D eigenvalue weighted by atomic mass is 16.3. The lowest BCUT2D eigenvalue weighted by Crippen LogP contribution is -2.28. The summed E-state index contributed by atoms with van der Waals surface area (Å²) in [7, 11) is 0. The van der Waals surface area contributed by atoms with Crippen LogP contribution in [0, 0.1) is 0 Å². The number of amides is 1. The summed E-state index contributed by atoms with van der Waals surface area (Å²) >= 11 is 0. The first-order valence-electron chi connectivity index (χ1n) is 7.67. The van der Waals surface area contributed by atoms with Gasteiger partial charge in [0.1, 0.15) is 5.65 Å². The highest BCUT2D eigenvalue weighted by molar-refractivity contribution is 5.95. The molecule has 23 heavy (non-hydrogen) atoms. The predicted molar refractivity (Wildman–Crippen MR) is 88.2 cm³/mol. The molecule has 0 aliphatic heterocycles. The zero-order valence-corrected chi connectivity index (χ0v) is 12.7. The van der Waals surface area contributed by atoms with Gasteiger partial charge in [0, 0.05) is 30.8 Å². The topological polar surface area (TPSA) is 66.6 Å². The predicted octanol–water partition coefficient (Wildman–Crippen LogP) is 2.58. The maximum Gasteiger partial charge on any atom is 0.251 e. The van der Waals surface area contributed by atoms with E-state index in [1.165, 1.54) is 0 Å². The summed E-state index contributed by atoms with van der Waals surface area (Å²) in [5.41, 5.74) is 2.36. The Balaban J connectivity index is 1.79. The number of carbonyl (C=O) groups is 1. The minimum absolute atomic E-state index is 0.110. The molecule has 3 aromatic rings. The maximum absolute atomic E-state index is 12.5. The number of nitrogens with one attached hydrogen (secondary N) is 1. The second-order valence-electron chi connectivity index (χ2n) is 5.41. The molecule has 3 rings (SSSR count). The summed E-state index contributed by atoms with van der Waals surface area (Å²) in [5.74, 6) is -0.137. The van der Waals surface area contributed by atoms with Gasteiger partial charge in [0.2, 0.25) is 0 Å². The van der Waals surface area contributed by atoms with E-state index in [1.54, 1.807) is 18.3 Å². The first kappa shape index (κ1) is 15.2. The van der Waals surface area contributed by atoms with E-state index in [4.69, 9.17) is 5.11 Å². The molecule has 2 N–H and O–H groups in total. The molecular weight excluding hydrogens is 290 g/mol. The average molecular weight is 309 g/mol. The van der Waals surface area contributed by atoms with E-state index in [0.29, 0.717) is 18.4 Å². The van der Waals surface area contributed by atoms with Crippen LogP contribution >= 0.6 is 0 Å². The molecular formula is C18H19N3O2. The monoisotopic (exact) mass is 309 g/mol. The standard InChI is InChI=1S/C18H19N3O2/c22-12-4-7-16(14-5-2-1-3-6-14)20-18(23)15-8-10-21-11-9-19-17(21)13-15/h1-3,5-6,8-11,13,16,22H,4,7,12H2,(H,20,23)/t16-/m1/s1. The van der Waals surface area contributed by atoms with Crippen molar-refractivity contribution in [2.24, 2.45) is 0 Å². The van der Waals surface area contributed by atoms with Crippen molar-refractivity contribution in [2.45, 2.75) is 18.9 Å². The van der Waals surface area contributed by atoms with E-state index in [1.807, 2.05) is 47.1 Å². The van der Waals surface area contributed by atoms with Crippen LogP contribution in [0.2, 0.25) is 0 Å². The molecule has 0 aliphatic carbocycles. The molecule has 5 heteroatoms. The second-order valence-corrected chi connectivity index (χ2v) is 5.41. The molecule has 0 saturated carbocycles. The number of carbonyl (C=O) groups excluding carboxylic acids is 1. The van der Waals surface area contributed by atoms with Crippen molar-refractivity contribution in [1.29, 1.82) is 0 Å². The van der Waals surface area contributed by atoms with E-state index < -0.39 is 0 Å². The van der Waals surface area contributed by atoms with Crippen LogP contribution in [0.4, 0.5) is 0 Å². The van der Waals surface area contributed by atoms with Gasteiger partial charge in [-0.1, -0.05) is 30.3 Å². The Morgan fingerprint density at radius 2 is 2.04 bits per heavy atom. The Morgan fingerprint density at radius 3 is 2.83 bits per heavy atom. The molecule has 118 valence electrons. The number of benzene rings is 1. The van der Waals surface area contributed by atoms with Crippen LogP contribution in [-0.4, -0.2) is 27.0 Å². The van der Waals surface area contributed by atoms with Gasteiger partial charge in [-0.15, -0.1) is 0 Å². The number of aliphatic hydroxyl groups is 1. The van der Waals surface area contributed by atoms with Crippen molar-refractivity contribution in [3.63, 3.8) is 0 Å². The zero-order chi connectivity index (χ0) is 16.1. The van der Waals surface area contributed by atoms with Gasteiger partial charge in [-0.3, -0.25) is 4.79 Å². The van der Waals surface area contributed by atoms with Crippen molar-refractivity contribution >= 4 is 11.6 Å². The van der Waals surface area contributed by atoms with Gasteiger partial charge in [-0.2, -0.15) is 0 Å². The number of aromatic nitrogens is 2. The van der Waals surface area contributed by atoms with Crippen molar-refractivity contribution in [3.05, 3.63) is 72.2 Å². The molecule has 0 saturated heterocycles. The quantitative estimate of drug-likeness (QED) is 0.735. The minimum Gasteiger partial charge on any atom is -0.396 e. The molecule has 2 aromatic heterocycles. The van der Waals surface area contributed by atoms with E-state index in [9.17, 15) is 4.79 Å². The van der Waals surface area contributed by atoms with Crippen LogP contribution in [0.3, 0.4) is 0 Å². The van der Waals surface area contributed by atoms with Gasteiger partial charge in [-0.05, 0) is 30.5 Å². The molecule has 0 unspecified atom stereocenters. The van der Waals surface area contributed by atoms with Crippen LogP contribution in [-0.2, 0) is 0 Å². The van der Waals surface area contributed by atoms with Crippen LogP contribution < -0.4 is 5.32 Å². The number of nitrogens with zero attached hydrogens (tertiary/aromatic N) is 2. The summed E-state index contributed by atoms with van der Waals surface area (Å²) in [6.07, 6.45) is 6.69. The normalized spacial score (nSPS) is 12.2. The SMILES string of the molecule is O=C(N[C@H](CCCO)c1ccccc1)c1ccn2ccnc2c1. The van der Waals surface area contributed by atoms with Crippen LogP contribution in [0.1, 0.15) is 34.8 Å². The molecule has 0 radical (unpaired) electrons. The van der Waals surface area contributed by atoms with Crippen molar-refractivity contribution in [1.82, 2.24) is 14.7 Å². The number of fused-ring (bicyclic) bond motifs is 1. The zero-order valence-electron chi connectivity index (χ0n) is 12.7. The molecule has 5 nitrogen and oxygen atoms in total. The fraction of sp³-hybridized carbons (Fsp3) is 0.222. The van der Waals surface area contributed by atoms with E-state index in [2.05, 4.69) is 10.3 Å². The van der Waals surface area contributed by atoms with Gasteiger partial charge >= 0.3 is 0 Å². The van der Waals surface area contributed by atoms with Gasteiger partial charge in [0.25, 0.3) is 5.91 Å². The van der Waals surface area contributed by atoms with Crippen LogP contribution in [0.15, 0.2) is 61.1 Å². The highest BCUT2D eigenvalue weighted by Crippen LogP contribution is 2.19. The summed E-state index contributed by atoms with van der Waals surface area (Å²) in [6, 6.07) is 13.2. The lowest BCUT2D eigenvalue weighted by molar-refractivity contribution is 0.0932. The van der Waals surface area contributed by atoms with Gasteiger partial charge < -0.3 is 14.8 Å². The Hall–Kier alpha value is -2.66. The summed E-state index contributed by atoms with van der Waals surface area (Å²) in [6.45, 7) is 0.110. The van der Waals surface area contributed by atoms with Crippen molar-refractivity contribution in [3.8, 4) is 0 Å². The number of pyridine rings is 1. The fourth-order valence-electron chi connectivity index (χ4n) is 2.60. The molecule has 0 bridgehead atoms. The van der Waals surface area contributed by atoms with Gasteiger partial charge in [0.05, 0.1) is 6.04 Å². The van der Waals surface area contributed by atoms with E-state index in [-0.39, 0.29) is 18.6 Å². The minimum atomic E-state index is -0.137. The van der Waals surface area contributed by atoms with Crippen molar-refractivity contribution < 1.29 is 9.90 Å². The summed E-state index contributed by atoms with van der Waals surface area (Å²) in [4.78, 5) is 16.7. The Morgan fingerprint density at radius 1 is 1.22 bits per heavy atom.